The van der Waals surface area contributed by atoms with Gasteiger partial charge in [0, 0.05) is 22.2 Å². The molecule has 0 spiro atoms. The van der Waals surface area contributed by atoms with Crippen molar-refractivity contribution in [3.63, 3.8) is 0 Å². The molecule has 0 heterocycles. The molecule has 0 saturated carbocycles. The predicted octanol–water partition coefficient (Wildman–Crippen LogP) is 17.0. The first-order chi connectivity index (χ1) is 30.5. The Kier molecular flexibility index (Phi) is 9.24. The second-order valence-electron chi connectivity index (χ2n) is 16.8. The molecule has 0 unspecified atom stereocenters. The van der Waals surface area contributed by atoms with Gasteiger partial charge in [-0.15, -0.1) is 0 Å². The van der Waals surface area contributed by atoms with Gasteiger partial charge >= 0.3 is 0 Å². The zero-order valence-corrected chi connectivity index (χ0v) is 35.0. The maximum absolute atomic E-state index is 2.51. The molecule has 0 aliphatic heterocycles. The van der Waals surface area contributed by atoms with Crippen molar-refractivity contribution in [3.05, 3.63) is 248 Å². The lowest BCUT2D eigenvalue weighted by Crippen LogP contribution is -2.15. The Hall–Kier alpha value is -7.74. The average molecular weight is 792 g/mol. The van der Waals surface area contributed by atoms with Gasteiger partial charge in [0.2, 0.25) is 0 Å². The maximum Gasteiger partial charge on any atom is 0.0546 e. The molecule has 0 saturated heterocycles. The van der Waals surface area contributed by atoms with Crippen molar-refractivity contribution < 1.29 is 0 Å². The predicted molar refractivity (Wildman–Crippen MR) is 263 cm³/mol. The van der Waals surface area contributed by atoms with Crippen molar-refractivity contribution in [3.8, 4) is 66.8 Å². The van der Waals surface area contributed by atoms with Crippen LogP contribution in [0.4, 0.5) is 17.1 Å². The molecule has 0 N–H and O–H groups in total. The van der Waals surface area contributed by atoms with E-state index in [1.165, 1.54) is 88.7 Å². The van der Waals surface area contributed by atoms with E-state index in [1.807, 2.05) is 0 Å². The van der Waals surface area contributed by atoms with Crippen LogP contribution in [-0.2, 0) is 5.41 Å². The van der Waals surface area contributed by atoms with Crippen LogP contribution in [0, 0.1) is 0 Å². The average Bonchev–Trinajstić information content (AvgIpc) is 3.57. The van der Waals surface area contributed by atoms with Gasteiger partial charge < -0.3 is 4.90 Å². The minimum Gasteiger partial charge on any atom is -0.309 e. The van der Waals surface area contributed by atoms with E-state index in [9.17, 15) is 0 Å². The molecule has 1 aliphatic rings. The summed E-state index contributed by atoms with van der Waals surface area (Å²) in [5.74, 6) is 0. The summed E-state index contributed by atoms with van der Waals surface area (Å²) in [4.78, 5) is 2.51. The number of benzene rings is 10. The van der Waals surface area contributed by atoms with E-state index in [-0.39, 0.29) is 5.41 Å². The molecule has 1 aliphatic carbocycles. The second-order valence-corrected chi connectivity index (χ2v) is 16.8. The van der Waals surface area contributed by atoms with Crippen LogP contribution in [0.1, 0.15) is 25.0 Å². The van der Waals surface area contributed by atoms with E-state index >= 15 is 0 Å². The lowest BCUT2D eigenvalue weighted by Gasteiger charge is -2.32. The number of fused-ring (bicyclic) bond motifs is 4. The molecule has 0 radical (unpaired) electrons. The molecule has 10 aromatic rings. The summed E-state index contributed by atoms with van der Waals surface area (Å²) in [7, 11) is 0. The second kappa shape index (κ2) is 15.4. The van der Waals surface area contributed by atoms with Gasteiger partial charge in [-0.3, -0.25) is 0 Å². The van der Waals surface area contributed by atoms with Crippen molar-refractivity contribution in [2.24, 2.45) is 0 Å². The minimum absolute atomic E-state index is 0.123. The van der Waals surface area contributed by atoms with Crippen molar-refractivity contribution in [1.82, 2.24) is 0 Å². The van der Waals surface area contributed by atoms with E-state index in [0.29, 0.717) is 0 Å². The smallest absolute Gasteiger partial charge is 0.0546 e. The van der Waals surface area contributed by atoms with E-state index in [4.69, 9.17) is 0 Å². The molecule has 0 fully saturated rings. The Balaban J connectivity index is 1.20. The lowest BCUT2D eigenvalue weighted by molar-refractivity contribution is 0.660. The molecule has 1 nitrogen and oxygen atoms in total. The highest BCUT2D eigenvalue weighted by molar-refractivity contribution is 6.04. The molecule has 0 amide bonds. The Morgan fingerprint density at radius 3 is 1.63 bits per heavy atom. The van der Waals surface area contributed by atoms with Crippen LogP contribution in [0.3, 0.4) is 0 Å². The van der Waals surface area contributed by atoms with Crippen LogP contribution in [0.2, 0.25) is 0 Å². The number of hydrogen-bond donors (Lipinski definition) is 0. The third kappa shape index (κ3) is 6.33. The first kappa shape index (κ1) is 37.3. The zero-order chi connectivity index (χ0) is 41.6. The van der Waals surface area contributed by atoms with Gasteiger partial charge in [-0.25, -0.2) is 0 Å². The summed E-state index contributed by atoms with van der Waals surface area (Å²) in [6.45, 7) is 4.73. The molecular weight excluding hydrogens is 747 g/mol. The van der Waals surface area contributed by atoms with Gasteiger partial charge in [-0.1, -0.05) is 220 Å². The maximum atomic E-state index is 2.51. The van der Waals surface area contributed by atoms with E-state index in [0.717, 1.165) is 17.1 Å². The van der Waals surface area contributed by atoms with Crippen LogP contribution < -0.4 is 4.90 Å². The van der Waals surface area contributed by atoms with E-state index < -0.39 is 0 Å². The van der Waals surface area contributed by atoms with E-state index in [2.05, 4.69) is 255 Å². The van der Waals surface area contributed by atoms with Crippen molar-refractivity contribution in [1.29, 1.82) is 0 Å². The van der Waals surface area contributed by atoms with Crippen LogP contribution in [0.15, 0.2) is 237 Å². The Morgan fingerprint density at radius 1 is 0.306 bits per heavy atom. The Labute approximate surface area is 364 Å². The van der Waals surface area contributed by atoms with Gasteiger partial charge in [-0.05, 0) is 108 Å². The quantitative estimate of drug-likeness (QED) is 0.148. The molecule has 1 heteroatoms. The standard InChI is InChI=1S/C61H45N/c1-61(2)56-35-15-13-31-53(56)54-39-38-46(41-57(54)61)51-30-14-16-36-58(51)62(47-27-17-26-45(40-47)50-33-18-25-43-24-9-10-28-48(43)50)59-37-19-34-52(44-22-7-4-8-23-44)60(59)55-32-12-11-29-49(55)42-20-5-3-6-21-42/h3-41H,1-2H3. The molecule has 62 heavy (non-hydrogen) atoms. The summed E-state index contributed by atoms with van der Waals surface area (Å²) in [5.41, 5.74) is 20.4. The molecular formula is C61H45N. The van der Waals surface area contributed by atoms with Crippen molar-refractivity contribution >= 4 is 27.8 Å². The number of rotatable bonds is 8. The minimum atomic E-state index is -0.123. The summed E-state index contributed by atoms with van der Waals surface area (Å²) in [6, 6.07) is 86.8. The fraction of sp³-hybridized carbons (Fsp3) is 0.0492. The molecule has 0 atom stereocenters. The normalized spacial score (nSPS) is 12.5. The summed E-state index contributed by atoms with van der Waals surface area (Å²) in [5, 5.41) is 2.47. The number of nitrogens with zero attached hydrogens (tertiary/aromatic N) is 1. The van der Waals surface area contributed by atoms with Crippen molar-refractivity contribution in [2.75, 3.05) is 4.90 Å². The van der Waals surface area contributed by atoms with Crippen LogP contribution in [-0.4, -0.2) is 0 Å². The highest BCUT2D eigenvalue weighted by Crippen LogP contribution is 2.53. The molecule has 0 aromatic heterocycles. The monoisotopic (exact) mass is 791 g/mol. The van der Waals surface area contributed by atoms with Crippen LogP contribution in [0.5, 0.6) is 0 Å². The third-order valence-electron chi connectivity index (χ3n) is 12.9. The topological polar surface area (TPSA) is 3.24 Å². The largest absolute Gasteiger partial charge is 0.309 e. The third-order valence-corrected chi connectivity index (χ3v) is 12.9. The molecule has 11 rings (SSSR count). The SMILES string of the molecule is CC1(C)c2ccccc2-c2ccc(-c3ccccc3N(c3cccc(-c4cccc5ccccc45)c3)c3cccc(-c4ccccc4)c3-c3ccccc3-c3ccccc3)cc21. The van der Waals surface area contributed by atoms with Gasteiger partial charge in [0.25, 0.3) is 0 Å². The Bertz CT molecular complexity index is 3260. The van der Waals surface area contributed by atoms with Gasteiger partial charge in [0.15, 0.2) is 0 Å². The summed E-state index contributed by atoms with van der Waals surface area (Å²) >= 11 is 0. The number of hydrogen-bond acceptors (Lipinski definition) is 1. The van der Waals surface area contributed by atoms with Gasteiger partial charge in [-0.2, -0.15) is 0 Å². The van der Waals surface area contributed by atoms with E-state index in [1.54, 1.807) is 0 Å². The Morgan fingerprint density at radius 2 is 0.823 bits per heavy atom. The molecule has 0 bridgehead atoms. The highest BCUT2D eigenvalue weighted by Gasteiger charge is 2.35. The first-order valence-electron chi connectivity index (χ1n) is 21.6. The fourth-order valence-electron chi connectivity index (χ4n) is 9.92. The first-order valence-corrected chi connectivity index (χ1v) is 21.6. The summed E-state index contributed by atoms with van der Waals surface area (Å²) in [6.07, 6.45) is 0. The number of para-hydroxylation sites is 1. The zero-order valence-electron chi connectivity index (χ0n) is 35.0. The summed E-state index contributed by atoms with van der Waals surface area (Å²) < 4.78 is 0. The van der Waals surface area contributed by atoms with Crippen LogP contribution in [0.25, 0.3) is 77.5 Å². The lowest BCUT2D eigenvalue weighted by atomic mass is 9.81. The van der Waals surface area contributed by atoms with Crippen molar-refractivity contribution in [2.45, 2.75) is 19.3 Å². The fourth-order valence-corrected chi connectivity index (χ4v) is 9.92. The van der Waals surface area contributed by atoms with Crippen LogP contribution >= 0.6 is 0 Å². The molecule has 10 aromatic carbocycles. The highest BCUT2D eigenvalue weighted by atomic mass is 15.1. The van der Waals surface area contributed by atoms with Gasteiger partial charge in [0.05, 0.1) is 11.4 Å². The van der Waals surface area contributed by atoms with Gasteiger partial charge in [0.1, 0.15) is 0 Å². The number of anilines is 3. The molecule has 294 valence electrons.